The third kappa shape index (κ3) is 2.03. The normalized spacial score (nSPS) is 25.1. The molecular formula is C11H12N2O2. The average molecular weight is 204 g/mol. The molecule has 15 heavy (non-hydrogen) atoms. The topological polar surface area (TPSA) is 55.5 Å². The van der Waals surface area contributed by atoms with Crippen LogP contribution in [0.15, 0.2) is 35.3 Å². The van der Waals surface area contributed by atoms with E-state index in [-0.39, 0.29) is 11.0 Å². The molecular weight excluding hydrogens is 192 g/mol. The molecule has 0 aliphatic carbocycles. The molecule has 0 saturated heterocycles. The summed E-state index contributed by atoms with van der Waals surface area (Å²) in [6.45, 7) is 0. The van der Waals surface area contributed by atoms with Crippen LogP contribution in [-0.2, 0) is 0 Å². The average Bonchev–Trinajstić information content (AvgIpc) is 2.30. The standard InChI is InChI=1S/C11H12N2O2/c14-13(15)10-7-4-8-12-11(10)9-5-2-1-3-6-9/h1-3,5-6,8,10-11H,4,7H2/t10-,11-/m0/s1. The molecule has 78 valence electrons. The van der Waals surface area contributed by atoms with Gasteiger partial charge in [-0.15, -0.1) is 0 Å². The molecule has 0 aromatic heterocycles. The Kier molecular flexibility index (Phi) is 2.76. The van der Waals surface area contributed by atoms with Gasteiger partial charge in [-0.3, -0.25) is 15.1 Å². The third-order valence-electron chi connectivity index (χ3n) is 2.63. The molecule has 1 aliphatic heterocycles. The van der Waals surface area contributed by atoms with E-state index >= 15 is 0 Å². The highest BCUT2D eigenvalue weighted by Crippen LogP contribution is 2.28. The van der Waals surface area contributed by atoms with Gasteiger partial charge in [0.15, 0.2) is 0 Å². The minimum Gasteiger partial charge on any atom is -0.282 e. The molecule has 0 bridgehead atoms. The lowest BCUT2D eigenvalue weighted by molar-refractivity contribution is -0.527. The van der Waals surface area contributed by atoms with E-state index < -0.39 is 6.04 Å². The van der Waals surface area contributed by atoms with Gasteiger partial charge in [0.05, 0.1) is 0 Å². The lowest BCUT2D eigenvalue weighted by atomic mass is 9.95. The number of nitrogens with zero attached hydrogens (tertiary/aromatic N) is 2. The zero-order valence-electron chi connectivity index (χ0n) is 8.24. The minimum absolute atomic E-state index is 0.214. The molecule has 2 atom stereocenters. The number of rotatable bonds is 2. The van der Waals surface area contributed by atoms with Gasteiger partial charge in [0.1, 0.15) is 6.04 Å². The largest absolute Gasteiger partial charge is 0.282 e. The summed E-state index contributed by atoms with van der Waals surface area (Å²) >= 11 is 0. The van der Waals surface area contributed by atoms with Crippen LogP contribution in [0.5, 0.6) is 0 Å². The van der Waals surface area contributed by atoms with Crippen molar-refractivity contribution in [1.82, 2.24) is 0 Å². The Morgan fingerprint density at radius 1 is 1.33 bits per heavy atom. The fourth-order valence-electron chi connectivity index (χ4n) is 1.87. The van der Waals surface area contributed by atoms with Crippen molar-refractivity contribution >= 4 is 6.21 Å². The van der Waals surface area contributed by atoms with Gasteiger partial charge in [0.2, 0.25) is 6.04 Å². The number of nitro groups is 1. The number of benzene rings is 1. The molecule has 1 aliphatic rings. The first-order chi connectivity index (χ1) is 7.29. The van der Waals surface area contributed by atoms with Crippen LogP contribution >= 0.6 is 0 Å². The van der Waals surface area contributed by atoms with Gasteiger partial charge in [-0.1, -0.05) is 30.3 Å². The summed E-state index contributed by atoms with van der Waals surface area (Å²) < 4.78 is 0. The maximum Gasteiger partial charge on any atom is 0.239 e. The van der Waals surface area contributed by atoms with Crippen LogP contribution in [0.1, 0.15) is 24.4 Å². The molecule has 0 radical (unpaired) electrons. The van der Waals surface area contributed by atoms with Gasteiger partial charge in [-0.05, 0) is 12.0 Å². The Bertz CT molecular complexity index is 375. The quantitative estimate of drug-likeness (QED) is 0.548. The van der Waals surface area contributed by atoms with Crippen molar-refractivity contribution in [2.45, 2.75) is 24.9 Å². The maximum atomic E-state index is 10.9. The second-order valence-corrected chi connectivity index (χ2v) is 3.62. The number of hydrogen-bond donors (Lipinski definition) is 0. The Hall–Kier alpha value is -1.71. The van der Waals surface area contributed by atoms with Crippen molar-refractivity contribution < 1.29 is 4.92 Å². The maximum absolute atomic E-state index is 10.9. The first kappa shape index (κ1) is 9.83. The van der Waals surface area contributed by atoms with E-state index in [0.29, 0.717) is 12.8 Å². The van der Waals surface area contributed by atoms with Crippen LogP contribution in [0, 0.1) is 10.1 Å². The molecule has 0 N–H and O–H groups in total. The Morgan fingerprint density at radius 3 is 2.73 bits per heavy atom. The van der Waals surface area contributed by atoms with Crippen LogP contribution in [0.2, 0.25) is 0 Å². The van der Waals surface area contributed by atoms with E-state index in [1.54, 1.807) is 6.21 Å². The van der Waals surface area contributed by atoms with Gasteiger partial charge >= 0.3 is 0 Å². The van der Waals surface area contributed by atoms with Crippen molar-refractivity contribution in [2.24, 2.45) is 4.99 Å². The van der Waals surface area contributed by atoms with E-state index in [2.05, 4.69) is 4.99 Å². The molecule has 1 aromatic rings. The fraction of sp³-hybridized carbons (Fsp3) is 0.364. The summed E-state index contributed by atoms with van der Waals surface area (Å²) in [6.07, 6.45) is 3.07. The van der Waals surface area contributed by atoms with E-state index in [1.807, 2.05) is 30.3 Å². The molecule has 0 spiro atoms. The molecule has 0 amide bonds. The van der Waals surface area contributed by atoms with E-state index in [0.717, 1.165) is 5.56 Å². The van der Waals surface area contributed by atoms with Gasteiger partial charge in [-0.25, -0.2) is 0 Å². The highest BCUT2D eigenvalue weighted by atomic mass is 16.6. The summed E-state index contributed by atoms with van der Waals surface area (Å²) in [5.74, 6) is 0. The predicted molar refractivity (Wildman–Crippen MR) is 57.7 cm³/mol. The molecule has 1 aromatic carbocycles. The third-order valence-corrected chi connectivity index (χ3v) is 2.63. The summed E-state index contributed by atoms with van der Waals surface area (Å²) in [5.41, 5.74) is 0.926. The Labute approximate surface area is 87.8 Å². The smallest absolute Gasteiger partial charge is 0.239 e. The van der Waals surface area contributed by atoms with E-state index in [9.17, 15) is 10.1 Å². The SMILES string of the molecule is O=[N+]([O-])[C@H]1CCC=N[C@H]1c1ccccc1. The lowest BCUT2D eigenvalue weighted by Crippen LogP contribution is -2.29. The molecule has 4 heteroatoms. The van der Waals surface area contributed by atoms with Crippen LogP contribution in [0.25, 0.3) is 0 Å². The predicted octanol–water partition coefficient (Wildman–Crippen LogP) is 2.24. The molecule has 0 saturated carbocycles. The molecule has 4 nitrogen and oxygen atoms in total. The zero-order valence-corrected chi connectivity index (χ0v) is 8.24. The summed E-state index contributed by atoms with van der Waals surface area (Å²) in [7, 11) is 0. The van der Waals surface area contributed by atoms with Crippen molar-refractivity contribution in [3.8, 4) is 0 Å². The fourth-order valence-corrected chi connectivity index (χ4v) is 1.87. The summed E-state index contributed by atoms with van der Waals surface area (Å²) in [5, 5.41) is 10.9. The molecule has 2 rings (SSSR count). The van der Waals surface area contributed by atoms with E-state index in [1.165, 1.54) is 0 Å². The van der Waals surface area contributed by atoms with Crippen LogP contribution in [-0.4, -0.2) is 17.2 Å². The lowest BCUT2D eigenvalue weighted by Gasteiger charge is -2.20. The summed E-state index contributed by atoms with van der Waals surface area (Å²) in [6, 6.07) is 8.57. The molecule has 1 heterocycles. The van der Waals surface area contributed by atoms with Crippen molar-refractivity contribution in [1.29, 1.82) is 0 Å². The number of hydrogen-bond acceptors (Lipinski definition) is 3. The van der Waals surface area contributed by atoms with E-state index in [4.69, 9.17) is 0 Å². The second-order valence-electron chi connectivity index (χ2n) is 3.62. The second kappa shape index (κ2) is 4.21. The number of aliphatic imine (C=N–C) groups is 1. The highest BCUT2D eigenvalue weighted by Gasteiger charge is 2.33. The monoisotopic (exact) mass is 204 g/mol. The Morgan fingerprint density at radius 2 is 2.07 bits per heavy atom. The first-order valence-electron chi connectivity index (χ1n) is 4.99. The van der Waals surface area contributed by atoms with Gasteiger partial charge in [0.25, 0.3) is 0 Å². The van der Waals surface area contributed by atoms with Gasteiger partial charge in [-0.2, -0.15) is 0 Å². The van der Waals surface area contributed by atoms with Gasteiger partial charge < -0.3 is 0 Å². The van der Waals surface area contributed by atoms with Crippen LogP contribution < -0.4 is 0 Å². The van der Waals surface area contributed by atoms with Crippen molar-refractivity contribution in [3.63, 3.8) is 0 Å². The van der Waals surface area contributed by atoms with Crippen molar-refractivity contribution in [3.05, 3.63) is 46.0 Å². The minimum atomic E-state index is -0.572. The Balaban J connectivity index is 2.29. The van der Waals surface area contributed by atoms with Crippen LogP contribution in [0.4, 0.5) is 0 Å². The van der Waals surface area contributed by atoms with Crippen molar-refractivity contribution in [2.75, 3.05) is 0 Å². The molecule has 0 unspecified atom stereocenters. The van der Waals surface area contributed by atoms with Crippen LogP contribution in [0.3, 0.4) is 0 Å². The zero-order chi connectivity index (χ0) is 10.7. The molecule has 0 fully saturated rings. The first-order valence-corrected chi connectivity index (χ1v) is 4.99. The summed E-state index contributed by atoms with van der Waals surface area (Å²) in [4.78, 5) is 14.9. The highest BCUT2D eigenvalue weighted by molar-refractivity contribution is 5.59. The van der Waals surface area contributed by atoms with Gasteiger partial charge in [0, 0.05) is 17.6 Å².